The van der Waals surface area contributed by atoms with Gasteiger partial charge >= 0.3 is 0 Å². The van der Waals surface area contributed by atoms with Gasteiger partial charge in [-0.25, -0.2) is 8.42 Å². The zero-order chi connectivity index (χ0) is 22.6. The number of hydrogen-bond donors (Lipinski definition) is 0. The van der Waals surface area contributed by atoms with Crippen LogP contribution in [-0.4, -0.2) is 36.6 Å². The zero-order valence-corrected chi connectivity index (χ0v) is 18.9. The first kappa shape index (κ1) is 20.5. The summed E-state index contributed by atoms with van der Waals surface area (Å²) in [6.45, 7) is 0. The molecule has 6 rings (SSSR count). The quantitative estimate of drug-likeness (QED) is 0.558. The summed E-state index contributed by atoms with van der Waals surface area (Å²) in [5, 5.41) is -0.448. The molecule has 3 heterocycles. The number of carbonyl (C=O) groups is 1. The SMILES string of the molecule is O=C(C1c2ccccc2Oc2ccccc21)N1C2CCC1CC(S(=O)(=O)c1ccccc1)C2. The van der Waals surface area contributed by atoms with Crippen LogP contribution in [0.15, 0.2) is 83.8 Å². The maximum atomic E-state index is 14.1. The second-order valence-electron chi connectivity index (χ2n) is 9.19. The number of sulfone groups is 1. The number of amides is 1. The van der Waals surface area contributed by atoms with E-state index in [0.29, 0.717) is 29.2 Å². The molecule has 2 fully saturated rings. The number of fused-ring (bicyclic) bond motifs is 4. The first-order chi connectivity index (χ1) is 16.0. The van der Waals surface area contributed by atoms with Gasteiger partial charge in [0.2, 0.25) is 5.91 Å². The van der Waals surface area contributed by atoms with Crippen LogP contribution in [0.2, 0.25) is 0 Å². The molecule has 5 nitrogen and oxygen atoms in total. The van der Waals surface area contributed by atoms with Gasteiger partial charge in [0.15, 0.2) is 9.84 Å². The second kappa shape index (κ2) is 7.73. The summed E-state index contributed by atoms with van der Waals surface area (Å²) in [4.78, 5) is 16.5. The summed E-state index contributed by atoms with van der Waals surface area (Å²) in [6.07, 6.45) is 2.69. The Morgan fingerprint density at radius 2 is 1.27 bits per heavy atom. The predicted molar refractivity (Wildman–Crippen MR) is 125 cm³/mol. The standard InChI is InChI=1S/C27H25NO4S/c29-27(26-22-10-4-6-12-24(22)32-25-13-7-5-11-23(25)26)28-18-14-15-19(28)17-21(16-18)33(30,31)20-8-2-1-3-9-20/h1-13,18-19,21,26H,14-17H2. The van der Waals surface area contributed by atoms with Crippen molar-refractivity contribution in [3.63, 3.8) is 0 Å². The van der Waals surface area contributed by atoms with Crippen LogP contribution in [-0.2, 0) is 14.6 Å². The van der Waals surface area contributed by atoms with Crippen LogP contribution in [0.3, 0.4) is 0 Å². The lowest BCUT2D eigenvalue weighted by molar-refractivity contribution is -0.136. The third-order valence-electron chi connectivity index (χ3n) is 7.38. The first-order valence-corrected chi connectivity index (χ1v) is 13.1. The minimum absolute atomic E-state index is 0.0538. The van der Waals surface area contributed by atoms with E-state index in [0.717, 1.165) is 24.0 Å². The Hall–Kier alpha value is -3.12. The minimum atomic E-state index is -3.42. The van der Waals surface area contributed by atoms with E-state index in [1.54, 1.807) is 24.3 Å². The smallest absolute Gasteiger partial charge is 0.235 e. The number of hydrogen-bond acceptors (Lipinski definition) is 4. The Morgan fingerprint density at radius 3 is 1.85 bits per heavy atom. The molecule has 0 radical (unpaired) electrons. The average Bonchev–Trinajstić information content (AvgIpc) is 3.11. The van der Waals surface area contributed by atoms with Crippen LogP contribution in [0, 0.1) is 0 Å². The fourth-order valence-electron chi connectivity index (χ4n) is 5.87. The van der Waals surface area contributed by atoms with Crippen molar-refractivity contribution in [2.75, 3.05) is 0 Å². The number of carbonyl (C=O) groups excluding carboxylic acids is 1. The molecule has 3 aliphatic rings. The molecular formula is C27H25NO4S. The summed E-state index contributed by atoms with van der Waals surface area (Å²) < 4.78 is 32.7. The van der Waals surface area contributed by atoms with E-state index in [1.165, 1.54) is 0 Å². The van der Waals surface area contributed by atoms with Crippen LogP contribution in [0.25, 0.3) is 0 Å². The zero-order valence-electron chi connectivity index (χ0n) is 18.1. The van der Waals surface area contributed by atoms with E-state index >= 15 is 0 Å². The van der Waals surface area contributed by atoms with Crippen LogP contribution in [0.4, 0.5) is 0 Å². The van der Waals surface area contributed by atoms with Crippen molar-refractivity contribution in [2.24, 2.45) is 0 Å². The van der Waals surface area contributed by atoms with Crippen molar-refractivity contribution in [1.29, 1.82) is 0 Å². The lowest BCUT2D eigenvalue weighted by Gasteiger charge is -2.41. The fourth-order valence-corrected chi connectivity index (χ4v) is 7.74. The van der Waals surface area contributed by atoms with E-state index < -0.39 is 21.0 Å². The van der Waals surface area contributed by atoms with Crippen LogP contribution >= 0.6 is 0 Å². The molecule has 0 aliphatic carbocycles. The maximum Gasteiger partial charge on any atom is 0.235 e. The molecule has 0 spiro atoms. The highest BCUT2D eigenvalue weighted by atomic mass is 32.2. The van der Waals surface area contributed by atoms with E-state index in [4.69, 9.17) is 4.74 Å². The average molecular weight is 460 g/mol. The summed E-state index contributed by atoms with van der Waals surface area (Å²) >= 11 is 0. The minimum Gasteiger partial charge on any atom is -0.457 e. The van der Waals surface area contributed by atoms with Gasteiger partial charge in [-0.2, -0.15) is 0 Å². The lowest BCUT2D eigenvalue weighted by atomic mass is 9.85. The van der Waals surface area contributed by atoms with E-state index in [2.05, 4.69) is 0 Å². The molecule has 2 atom stereocenters. The molecule has 3 aromatic rings. The van der Waals surface area contributed by atoms with E-state index in [9.17, 15) is 13.2 Å². The number of nitrogens with zero attached hydrogens (tertiary/aromatic N) is 1. The molecule has 0 saturated carbocycles. The first-order valence-electron chi connectivity index (χ1n) is 11.5. The Labute approximate surface area is 193 Å². The van der Waals surface area contributed by atoms with Gasteiger partial charge in [0.1, 0.15) is 11.5 Å². The highest BCUT2D eigenvalue weighted by molar-refractivity contribution is 7.92. The van der Waals surface area contributed by atoms with Crippen molar-refractivity contribution < 1.29 is 17.9 Å². The molecule has 0 N–H and O–H groups in total. The molecule has 168 valence electrons. The van der Waals surface area contributed by atoms with Gasteiger partial charge in [-0.05, 0) is 49.9 Å². The van der Waals surface area contributed by atoms with Crippen molar-refractivity contribution in [3.05, 3.63) is 90.0 Å². The molecule has 1 amide bonds. The van der Waals surface area contributed by atoms with E-state index in [-0.39, 0.29) is 18.0 Å². The van der Waals surface area contributed by atoms with Crippen LogP contribution in [0.5, 0.6) is 11.5 Å². The molecule has 2 bridgehead atoms. The van der Waals surface area contributed by atoms with Gasteiger partial charge in [0.25, 0.3) is 0 Å². The number of rotatable bonds is 3. The number of para-hydroxylation sites is 2. The predicted octanol–water partition coefficient (Wildman–Crippen LogP) is 4.92. The molecule has 3 aliphatic heterocycles. The summed E-state index contributed by atoms with van der Waals surface area (Å²) in [5.74, 6) is 1.05. The molecule has 0 aromatic heterocycles. The Kier molecular flexibility index (Phi) is 4.80. The van der Waals surface area contributed by atoms with Gasteiger partial charge in [0, 0.05) is 23.2 Å². The third-order valence-corrected chi connectivity index (χ3v) is 9.57. The Morgan fingerprint density at radius 1 is 0.758 bits per heavy atom. The molecule has 33 heavy (non-hydrogen) atoms. The summed E-state index contributed by atoms with van der Waals surface area (Å²) in [5.41, 5.74) is 1.75. The molecule has 2 unspecified atom stereocenters. The third kappa shape index (κ3) is 3.27. The second-order valence-corrected chi connectivity index (χ2v) is 11.4. The molecule has 3 aromatic carbocycles. The van der Waals surface area contributed by atoms with Gasteiger partial charge in [-0.15, -0.1) is 0 Å². The largest absolute Gasteiger partial charge is 0.457 e. The Bertz CT molecular complexity index is 1260. The van der Waals surface area contributed by atoms with Gasteiger partial charge in [0.05, 0.1) is 16.1 Å². The van der Waals surface area contributed by atoms with Gasteiger partial charge in [-0.1, -0.05) is 54.6 Å². The highest BCUT2D eigenvalue weighted by Gasteiger charge is 2.49. The fraction of sp³-hybridized carbons (Fsp3) is 0.296. The summed E-state index contributed by atoms with van der Waals surface area (Å²) in [7, 11) is -3.42. The van der Waals surface area contributed by atoms with Gasteiger partial charge < -0.3 is 9.64 Å². The van der Waals surface area contributed by atoms with Crippen molar-refractivity contribution in [3.8, 4) is 11.5 Å². The normalized spacial score (nSPS) is 24.0. The van der Waals surface area contributed by atoms with Crippen LogP contribution < -0.4 is 4.74 Å². The topological polar surface area (TPSA) is 63.7 Å². The molecule has 6 heteroatoms. The highest BCUT2D eigenvalue weighted by Crippen LogP contribution is 2.48. The van der Waals surface area contributed by atoms with Gasteiger partial charge in [-0.3, -0.25) is 4.79 Å². The number of benzene rings is 3. The maximum absolute atomic E-state index is 14.1. The monoisotopic (exact) mass is 459 g/mol. The van der Waals surface area contributed by atoms with Crippen LogP contribution in [0.1, 0.15) is 42.7 Å². The van der Waals surface area contributed by atoms with Crippen molar-refractivity contribution >= 4 is 15.7 Å². The lowest BCUT2D eigenvalue weighted by Crippen LogP contribution is -2.51. The molecule has 2 saturated heterocycles. The Balaban J connectivity index is 1.33. The molecular weight excluding hydrogens is 434 g/mol. The summed E-state index contributed by atoms with van der Waals surface area (Å²) in [6, 6.07) is 24.0. The van der Waals surface area contributed by atoms with E-state index in [1.807, 2.05) is 59.5 Å². The van der Waals surface area contributed by atoms with Crippen molar-refractivity contribution in [1.82, 2.24) is 4.90 Å². The number of ether oxygens (including phenoxy) is 1. The van der Waals surface area contributed by atoms with Crippen molar-refractivity contribution in [2.45, 2.75) is 53.8 Å². The number of piperidine rings is 1.